The predicted molar refractivity (Wildman–Crippen MR) is 103 cm³/mol. The highest BCUT2D eigenvalue weighted by Crippen LogP contribution is 2.19. The van der Waals surface area contributed by atoms with Crippen molar-refractivity contribution in [2.45, 2.75) is 19.8 Å². The van der Waals surface area contributed by atoms with Gasteiger partial charge in [-0.05, 0) is 30.7 Å². The Morgan fingerprint density at radius 1 is 0.897 bits per heavy atom. The molecule has 0 aliphatic carbocycles. The van der Waals surface area contributed by atoms with Crippen molar-refractivity contribution in [1.82, 2.24) is 5.32 Å². The highest BCUT2D eigenvalue weighted by atomic mass is 17.2. The summed E-state index contributed by atoms with van der Waals surface area (Å²) in [5, 5.41) is 2.76. The molecular weight excluding hydrogens is 378 g/mol. The minimum Gasteiger partial charge on any atom is -0.477 e. The summed E-state index contributed by atoms with van der Waals surface area (Å²) in [6.45, 7) is 2.33. The molecular formula is C21H23NO7. The molecule has 0 spiro atoms. The van der Waals surface area contributed by atoms with Crippen LogP contribution in [0.4, 0.5) is 0 Å². The summed E-state index contributed by atoms with van der Waals surface area (Å²) < 4.78 is 10.5. The molecule has 0 saturated heterocycles. The number of rotatable bonds is 10. The quantitative estimate of drug-likeness (QED) is 0.213. The van der Waals surface area contributed by atoms with Crippen molar-refractivity contribution in [2.24, 2.45) is 0 Å². The number of carbonyl (C=O) groups is 3. The molecule has 2 aromatic rings. The molecule has 2 aromatic carbocycles. The first kappa shape index (κ1) is 21.9. The second-order valence-electron chi connectivity index (χ2n) is 5.89. The van der Waals surface area contributed by atoms with Crippen molar-refractivity contribution in [2.75, 3.05) is 19.9 Å². The van der Waals surface area contributed by atoms with Gasteiger partial charge in [0.05, 0.1) is 18.7 Å². The highest BCUT2D eigenvalue weighted by molar-refractivity contribution is 5.94. The monoisotopic (exact) mass is 401 g/mol. The van der Waals surface area contributed by atoms with Crippen molar-refractivity contribution < 1.29 is 33.6 Å². The third kappa shape index (κ3) is 7.63. The molecule has 29 heavy (non-hydrogen) atoms. The first-order chi connectivity index (χ1) is 14.1. The van der Waals surface area contributed by atoms with Gasteiger partial charge in [-0.2, -0.15) is 0 Å². The normalized spacial score (nSPS) is 10.1. The minimum atomic E-state index is -0.885. The summed E-state index contributed by atoms with van der Waals surface area (Å²) in [4.78, 5) is 44.8. The molecule has 0 saturated carbocycles. The van der Waals surface area contributed by atoms with E-state index >= 15 is 0 Å². The van der Waals surface area contributed by atoms with Crippen LogP contribution in [0, 0.1) is 0 Å². The molecule has 0 amide bonds. The fourth-order valence-corrected chi connectivity index (χ4v) is 2.17. The number of ether oxygens (including phenoxy) is 2. The van der Waals surface area contributed by atoms with Gasteiger partial charge in [-0.25, -0.2) is 19.4 Å². The van der Waals surface area contributed by atoms with Gasteiger partial charge >= 0.3 is 17.9 Å². The van der Waals surface area contributed by atoms with Crippen LogP contribution in [-0.4, -0.2) is 37.8 Å². The molecule has 0 aromatic heterocycles. The molecule has 8 heteroatoms. The summed E-state index contributed by atoms with van der Waals surface area (Å²) in [5.74, 6) is -1.85. The van der Waals surface area contributed by atoms with Gasteiger partial charge in [0.15, 0.2) is 0 Å². The number of hydrogen-bond donors (Lipinski definition) is 1. The van der Waals surface area contributed by atoms with Crippen LogP contribution < -0.4 is 10.1 Å². The lowest BCUT2D eigenvalue weighted by Crippen LogP contribution is -2.28. The Bertz CT molecular complexity index is 808. The third-order valence-corrected chi connectivity index (χ3v) is 3.67. The number of unbranched alkanes of at least 4 members (excludes halogenated alkanes) is 1. The molecule has 1 N–H and O–H groups in total. The Labute approximate surface area is 168 Å². The Balaban J connectivity index is 1.80. The molecule has 0 atom stereocenters. The Hall–Kier alpha value is -3.39. The van der Waals surface area contributed by atoms with Crippen molar-refractivity contribution in [1.29, 1.82) is 0 Å². The molecule has 2 rings (SSSR count). The highest BCUT2D eigenvalue weighted by Gasteiger charge is 2.18. The average Bonchev–Trinajstić information content (AvgIpc) is 2.76. The Morgan fingerprint density at radius 3 is 2.34 bits per heavy atom. The molecule has 0 unspecified atom stereocenters. The molecule has 154 valence electrons. The number of benzene rings is 2. The topological polar surface area (TPSA) is 100 Å². The second kappa shape index (κ2) is 12.1. The molecule has 8 nitrogen and oxygen atoms in total. The third-order valence-electron chi connectivity index (χ3n) is 3.67. The van der Waals surface area contributed by atoms with Gasteiger partial charge in [-0.15, -0.1) is 0 Å². The summed E-state index contributed by atoms with van der Waals surface area (Å²) in [6, 6.07) is 14.4. The number of para-hydroxylation sites is 1. The van der Waals surface area contributed by atoms with Crippen molar-refractivity contribution in [3.63, 3.8) is 0 Å². The van der Waals surface area contributed by atoms with E-state index < -0.39 is 11.9 Å². The number of hydrogen-bond acceptors (Lipinski definition) is 8. The van der Waals surface area contributed by atoms with Crippen molar-refractivity contribution >= 4 is 17.9 Å². The van der Waals surface area contributed by atoms with Crippen LogP contribution in [-0.2, 0) is 19.3 Å². The smallest absolute Gasteiger partial charge is 0.390 e. The zero-order valence-corrected chi connectivity index (χ0v) is 16.1. The maximum Gasteiger partial charge on any atom is 0.390 e. The standard InChI is InChI=1S/C21H23NO7/c1-2-3-13-26-19(23)14-22-15-27-18-12-8-7-11-17(18)21(25)29-28-20(24)16-9-5-4-6-10-16/h4-12,22H,2-3,13-15H2,1H3. The van der Waals surface area contributed by atoms with E-state index in [1.165, 1.54) is 18.2 Å². The van der Waals surface area contributed by atoms with Crippen LogP contribution in [0.3, 0.4) is 0 Å². The summed E-state index contributed by atoms with van der Waals surface area (Å²) in [7, 11) is 0. The maximum atomic E-state index is 12.2. The molecule has 0 aliphatic rings. The van der Waals surface area contributed by atoms with Crippen molar-refractivity contribution in [3.8, 4) is 5.75 Å². The average molecular weight is 401 g/mol. The molecule has 0 bridgehead atoms. The first-order valence-corrected chi connectivity index (χ1v) is 9.18. The molecule has 0 aliphatic heterocycles. The second-order valence-corrected chi connectivity index (χ2v) is 5.89. The fraction of sp³-hybridized carbons (Fsp3) is 0.286. The maximum absolute atomic E-state index is 12.2. The van der Waals surface area contributed by atoms with E-state index in [1.807, 2.05) is 6.92 Å². The molecule has 0 fully saturated rings. The summed E-state index contributed by atoms with van der Waals surface area (Å²) >= 11 is 0. The van der Waals surface area contributed by atoms with Gasteiger partial charge in [-0.1, -0.05) is 43.7 Å². The number of nitrogens with one attached hydrogen (secondary N) is 1. The largest absolute Gasteiger partial charge is 0.477 e. The number of esters is 1. The van der Waals surface area contributed by atoms with Crippen LogP contribution in [0.5, 0.6) is 5.75 Å². The van der Waals surface area contributed by atoms with E-state index in [0.717, 1.165) is 12.8 Å². The lowest BCUT2D eigenvalue weighted by Gasteiger charge is -2.11. The van der Waals surface area contributed by atoms with Gasteiger partial charge in [0.1, 0.15) is 18.0 Å². The predicted octanol–water partition coefficient (Wildman–Crippen LogP) is 2.88. The zero-order chi connectivity index (χ0) is 20.9. The zero-order valence-electron chi connectivity index (χ0n) is 16.1. The Morgan fingerprint density at radius 2 is 1.59 bits per heavy atom. The summed E-state index contributed by atoms with van der Waals surface area (Å²) in [6.07, 6.45) is 1.75. The van der Waals surface area contributed by atoms with E-state index in [9.17, 15) is 14.4 Å². The van der Waals surface area contributed by atoms with Crippen molar-refractivity contribution in [3.05, 3.63) is 65.7 Å². The number of carbonyl (C=O) groups excluding carboxylic acids is 3. The van der Waals surface area contributed by atoms with Gasteiger partial charge in [0.25, 0.3) is 0 Å². The van der Waals surface area contributed by atoms with Crippen LogP contribution in [0.25, 0.3) is 0 Å². The summed E-state index contributed by atoms with van der Waals surface area (Å²) in [5.41, 5.74) is 0.320. The lowest BCUT2D eigenvalue weighted by atomic mass is 10.2. The first-order valence-electron chi connectivity index (χ1n) is 9.18. The minimum absolute atomic E-state index is 0.0228. The molecule has 0 radical (unpaired) electrons. The van der Waals surface area contributed by atoms with Crippen LogP contribution in [0.1, 0.15) is 40.5 Å². The van der Waals surface area contributed by atoms with Crippen LogP contribution >= 0.6 is 0 Å². The lowest BCUT2D eigenvalue weighted by molar-refractivity contribution is -0.187. The van der Waals surface area contributed by atoms with E-state index in [1.54, 1.807) is 36.4 Å². The van der Waals surface area contributed by atoms with E-state index in [4.69, 9.17) is 9.47 Å². The van der Waals surface area contributed by atoms with E-state index in [0.29, 0.717) is 6.61 Å². The van der Waals surface area contributed by atoms with Gasteiger partial charge in [0.2, 0.25) is 0 Å². The van der Waals surface area contributed by atoms with Crippen LogP contribution in [0.2, 0.25) is 0 Å². The van der Waals surface area contributed by atoms with Crippen LogP contribution in [0.15, 0.2) is 54.6 Å². The van der Waals surface area contributed by atoms with E-state index in [2.05, 4.69) is 15.1 Å². The van der Waals surface area contributed by atoms with Gasteiger partial charge < -0.3 is 9.47 Å². The van der Waals surface area contributed by atoms with Gasteiger partial charge in [-0.3, -0.25) is 10.1 Å². The van der Waals surface area contributed by atoms with Gasteiger partial charge in [0, 0.05) is 0 Å². The van der Waals surface area contributed by atoms with E-state index in [-0.39, 0.29) is 36.1 Å². The fourth-order valence-electron chi connectivity index (χ4n) is 2.17. The molecule has 0 heterocycles. The Kier molecular flexibility index (Phi) is 9.17. The SMILES string of the molecule is CCCCOC(=O)CNCOc1ccccc1C(=O)OOC(=O)c1ccccc1.